The highest BCUT2D eigenvalue weighted by molar-refractivity contribution is 5.25. The lowest BCUT2D eigenvalue weighted by atomic mass is 10.1. The van der Waals surface area contributed by atoms with E-state index < -0.39 is 0 Å². The zero-order valence-corrected chi connectivity index (χ0v) is 8.06. The molecule has 0 aromatic carbocycles. The highest BCUT2D eigenvalue weighted by Gasteiger charge is 2.10. The van der Waals surface area contributed by atoms with Gasteiger partial charge in [-0.1, -0.05) is 0 Å². The molecule has 0 bridgehead atoms. The first-order valence-corrected chi connectivity index (χ1v) is 4.12. The maximum atomic E-state index is 13.1. The molecule has 72 valence electrons. The number of aromatic nitrogens is 1. The summed E-state index contributed by atoms with van der Waals surface area (Å²) < 4.78 is 13.1. The van der Waals surface area contributed by atoms with Crippen molar-refractivity contribution in [2.45, 2.75) is 20.0 Å². The average Bonchev–Trinajstić information content (AvgIpc) is 2.10. The van der Waals surface area contributed by atoms with Gasteiger partial charge in [-0.15, -0.1) is 0 Å². The zero-order valence-electron chi connectivity index (χ0n) is 8.06. The third kappa shape index (κ3) is 2.02. The maximum Gasteiger partial charge on any atom is 0.144 e. The van der Waals surface area contributed by atoms with Crippen LogP contribution in [0, 0.1) is 19.7 Å². The van der Waals surface area contributed by atoms with Crippen molar-refractivity contribution < 1.29 is 4.39 Å². The summed E-state index contributed by atoms with van der Waals surface area (Å²) in [5.74, 6) is -0.314. The Kier molecular flexibility index (Phi) is 2.95. The Labute approximate surface area is 77.2 Å². The highest BCUT2D eigenvalue weighted by atomic mass is 19.1. The van der Waals surface area contributed by atoms with E-state index in [0.29, 0.717) is 11.3 Å². The van der Waals surface area contributed by atoms with Gasteiger partial charge < -0.3 is 11.1 Å². The van der Waals surface area contributed by atoms with Crippen molar-refractivity contribution in [1.82, 2.24) is 10.3 Å². The van der Waals surface area contributed by atoms with Gasteiger partial charge in [0.05, 0.1) is 11.9 Å². The van der Waals surface area contributed by atoms with Gasteiger partial charge in [0.15, 0.2) is 0 Å². The van der Waals surface area contributed by atoms with Gasteiger partial charge in [-0.3, -0.25) is 4.98 Å². The lowest BCUT2D eigenvalue weighted by Gasteiger charge is -2.13. The Bertz CT molecular complexity index is 312. The summed E-state index contributed by atoms with van der Waals surface area (Å²) in [4.78, 5) is 4.05. The highest BCUT2D eigenvalue weighted by Crippen LogP contribution is 2.14. The van der Waals surface area contributed by atoms with Gasteiger partial charge in [0, 0.05) is 11.3 Å². The van der Waals surface area contributed by atoms with E-state index in [1.807, 2.05) is 6.92 Å². The molecular weight excluding hydrogens is 169 g/mol. The van der Waals surface area contributed by atoms with Crippen molar-refractivity contribution >= 4 is 0 Å². The molecule has 4 heteroatoms. The van der Waals surface area contributed by atoms with Crippen LogP contribution in [0.4, 0.5) is 4.39 Å². The standard InChI is InChI=1S/C9H14FN3/c1-5-7(9(11)12-3)4-8(10)6(2)13-5/h4,9,12H,11H2,1-3H3. The first kappa shape index (κ1) is 10.1. The molecule has 1 atom stereocenters. The van der Waals surface area contributed by atoms with E-state index in [1.165, 1.54) is 6.07 Å². The van der Waals surface area contributed by atoms with Gasteiger partial charge in [0.25, 0.3) is 0 Å². The summed E-state index contributed by atoms with van der Waals surface area (Å²) in [7, 11) is 1.72. The minimum Gasteiger partial charge on any atom is -0.312 e. The number of rotatable bonds is 2. The molecule has 3 N–H and O–H groups in total. The summed E-state index contributed by atoms with van der Waals surface area (Å²) in [6.07, 6.45) is -0.359. The van der Waals surface area contributed by atoms with Crippen LogP contribution in [0.5, 0.6) is 0 Å². The SMILES string of the molecule is CNC(N)c1cc(F)c(C)nc1C. The molecule has 1 rings (SSSR count). The fraction of sp³-hybridized carbons (Fsp3) is 0.444. The Hall–Kier alpha value is -1.00. The molecule has 0 fully saturated rings. The van der Waals surface area contributed by atoms with Crippen LogP contribution in [0.15, 0.2) is 6.07 Å². The van der Waals surface area contributed by atoms with Gasteiger partial charge in [-0.2, -0.15) is 0 Å². The molecule has 13 heavy (non-hydrogen) atoms. The second-order valence-electron chi connectivity index (χ2n) is 3.00. The fourth-order valence-corrected chi connectivity index (χ4v) is 1.19. The van der Waals surface area contributed by atoms with E-state index in [1.54, 1.807) is 14.0 Å². The van der Waals surface area contributed by atoms with Crippen molar-refractivity contribution in [3.05, 3.63) is 28.8 Å². The molecule has 0 aliphatic rings. The number of halogens is 1. The van der Waals surface area contributed by atoms with Crippen LogP contribution in [0.2, 0.25) is 0 Å². The van der Waals surface area contributed by atoms with Crippen LogP contribution in [0.1, 0.15) is 23.1 Å². The topological polar surface area (TPSA) is 50.9 Å². The Balaban J connectivity index is 3.15. The van der Waals surface area contributed by atoms with Crippen LogP contribution < -0.4 is 11.1 Å². The number of aryl methyl sites for hydroxylation is 2. The molecule has 1 heterocycles. The molecule has 1 aromatic rings. The third-order valence-electron chi connectivity index (χ3n) is 2.03. The number of nitrogens with zero attached hydrogens (tertiary/aromatic N) is 1. The molecule has 1 unspecified atom stereocenters. The second-order valence-corrected chi connectivity index (χ2v) is 3.00. The van der Waals surface area contributed by atoms with Gasteiger partial charge in [0.1, 0.15) is 5.82 Å². The largest absolute Gasteiger partial charge is 0.312 e. The summed E-state index contributed by atoms with van der Waals surface area (Å²) >= 11 is 0. The van der Waals surface area contributed by atoms with Crippen LogP contribution in [0.3, 0.4) is 0 Å². The lowest BCUT2D eigenvalue weighted by molar-refractivity contribution is 0.577. The lowest BCUT2D eigenvalue weighted by Crippen LogP contribution is -2.26. The molecule has 0 saturated carbocycles. The molecular formula is C9H14FN3. The summed E-state index contributed by atoms with van der Waals surface area (Å²) in [6, 6.07) is 1.43. The van der Waals surface area contributed by atoms with E-state index in [9.17, 15) is 4.39 Å². The minimum absolute atomic E-state index is 0.314. The second kappa shape index (κ2) is 3.81. The van der Waals surface area contributed by atoms with Crippen molar-refractivity contribution in [2.75, 3.05) is 7.05 Å². The number of nitrogens with two attached hydrogens (primary N) is 1. The minimum atomic E-state index is -0.359. The molecule has 0 saturated heterocycles. The van der Waals surface area contributed by atoms with Crippen LogP contribution in [-0.4, -0.2) is 12.0 Å². The Morgan fingerprint density at radius 3 is 2.62 bits per heavy atom. The summed E-state index contributed by atoms with van der Waals surface area (Å²) in [6.45, 7) is 3.45. The molecule has 0 amide bonds. The van der Waals surface area contributed by atoms with E-state index in [-0.39, 0.29) is 12.0 Å². The van der Waals surface area contributed by atoms with E-state index >= 15 is 0 Å². The molecule has 0 aliphatic carbocycles. The first-order chi connectivity index (χ1) is 6.06. The smallest absolute Gasteiger partial charge is 0.144 e. The van der Waals surface area contributed by atoms with Crippen LogP contribution >= 0.6 is 0 Å². The third-order valence-corrected chi connectivity index (χ3v) is 2.03. The van der Waals surface area contributed by atoms with Crippen LogP contribution in [-0.2, 0) is 0 Å². The van der Waals surface area contributed by atoms with E-state index in [0.717, 1.165) is 5.69 Å². The van der Waals surface area contributed by atoms with Crippen molar-refractivity contribution in [3.63, 3.8) is 0 Å². The first-order valence-electron chi connectivity index (χ1n) is 4.12. The molecule has 0 radical (unpaired) electrons. The predicted octanol–water partition coefficient (Wildman–Crippen LogP) is 1.01. The molecule has 0 aliphatic heterocycles. The van der Waals surface area contributed by atoms with Gasteiger partial charge in [-0.25, -0.2) is 4.39 Å². The Morgan fingerprint density at radius 1 is 1.46 bits per heavy atom. The Morgan fingerprint density at radius 2 is 2.08 bits per heavy atom. The number of hydrogen-bond acceptors (Lipinski definition) is 3. The summed E-state index contributed by atoms with van der Waals surface area (Å²) in [5.41, 5.74) is 7.57. The van der Waals surface area contributed by atoms with Gasteiger partial charge in [0.2, 0.25) is 0 Å². The van der Waals surface area contributed by atoms with Gasteiger partial charge >= 0.3 is 0 Å². The number of nitrogens with one attached hydrogen (secondary N) is 1. The fourth-order valence-electron chi connectivity index (χ4n) is 1.19. The predicted molar refractivity (Wildman–Crippen MR) is 49.7 cm³/mol. The molecule has 3 nitrogen and oxygen atoms in total. The van der Waals surface area contributed by atoms with E-state index in [4.69, 9.17) is 5.73 Å². The van der Waals surface area contributed by atoms with Crippen molar-refractivity contribution in [2.24, 2.45) is 5.73 Å². The van der Waals surface area contributed by atoms with Crippen LogP contribution in [0.25, 0.3) is 0 Å². The molecule has 0 spiro atoms. The average molecular weight is 183 g/mol. The maximum absolute atomic E-state index is 13.1. The van der Waals surface area contributed by atoms with Crippen molar-refractivity contribution in [3.8, 4) is 0 Å². The number of hydrogen-bond donors (Lipinski definition) is 2. The van der Waals surface area contributed by atoms with E-state index in [2.05, 4.69) is 10.3 Å². The monoisotopic (exact) mass is 183 g/mol. The normalized spacial score (nSPS) is 13.0. The summed E-state index contributed by atoms with van der Waals surface area (Å²) in [5, 5.41) is 2.84. The molecule has 1 aromatic heterocycles. The zero-order chi connectivity index (χ0) is 10.0. The quantitative estimate of drug-likeness (QED) is 0.673. The number of pyridine rings is 1. The van der Waals surface area contributed by atoms with Gasteiger partial charge in [-0.05, 0) is 27.0 Å². The van der Waals surface area contributed by atoms with Crippen molar-refractivity contribution in [1.29, 1.82) is 0 Å².